The summed E-state index contributed by atoms with van der Waals surface area (Å²) in [5.74, 6) is -0.648. The van der Waals surface area contributed by atoms with E-state index in [1.807, 2.05) is 0 Å². The minimum absolute atomic E-state index is 0.108. The van der Waals surface area contributed by atoms with E-state index >= 15 is 0 Å². The van der Waals surface area contributed by atoms with Gasteiger partial charge in [-0.2, -0.15) is 0 Å². The van der Waals surface area contributed by atoms with Crippen LogP contribution in [0.3, 0.4) is 0 Å². The van der Waals surface area contributed by atoms with Crippen molar-refractivity contribution in [1.29, 1.82) is 0 Å². The second-order valence-electron chi connectivity index (χ2n) is 6.95. The molecule has 6 nitrogen and oxygen atoms in total. The van der Waals surface area contributed by atoms with Gasteiger partial charge >= 0.3 is 5.97 Å². The molecule has 9 heteroatoms. The number of nitrogens with zero attached hydrogens (tertiary/aromatic N) is 2. The maximum absolute atomic E-state index is 14.3. The fourth-order valence-corrected chi connectivity index (χ4v) is 4.90. The number of hydrogen-bond donors (Lipinski definition) is 0. The van der Waals surface area contributed by atoms with E-state index in [1.165, 1.54) is 37.0 Å². The zero-order chi connectivity index (χ0) is 23.0. The van der Waals surface area contributed by atoms with Crippen LogP contribution in [0.1, 0.15) is 24.1 Å². The van der Waals surface area contributed by atoms with Crippen molar-refractivity contribution < 1.29 is 18.7 Å². The van der Waals surface area contributed by atoms with E-state index in [2.05, 4.69) is 4.99 Å². The van der Waals surface area contributed by atoms with E-state index in [9.17, 15) is 14.0 Å². The van der Waals surface area contributed by atoms with Crippen LogP contribution in [-0.4, -0.2) is 24.8 Å². The van der Waals surface area contributed by atoms with Crippen LogP contribution < -0.4 is 19.6 Å². The van der Waals surface area contributed by atoms with Gasteiger partial charge < -0.3 is 9.47 Å². The van der Waals surface area contributed by atoms with Crippen molar-refractivity contribution in [3.8, 4) is 5.75 Å². The Bertz CT molecular complexity index is 1420. The molecule has 0 fully saturated rings. The highest BCUT2D eigenvalue weighted by Gasteiger charge is 2.34. The number of rotatable bonds is 4. The van der Waals surface area contributed by atoms with E-state index in [-0.39, 0.29) is 20.7 Å². The van der Waals surface area contributed by atoms with E-state index in [4.69, 9.17) is 21.1 Å². The van der Waals surface area contributed by atoms with Crippen LogP contribution in [0.15, 0.2) is 63.5 Å². The van der Waals surface area contributed by atoms with Gasteiger partial charge in [-0.25, -0.2) is 14.2 Å². The highest BCUT2D eigenvalue weighted by Crippen LogP contribution is 2.35. The molecule has 0 aliphatic carbocycles. The molecule has 0 radical (unpaired) electrons. The second kappa shape index (κ2) is 8.72. The molecule has 0 bridgehead atoms. The predicted molar refractivity (Wildman–Crippen MR) is 120 cm³/mol. The number of allylic oxidation sites excluding steroid dienone is 1. The minimum atomic E-state index is -0.826. The van der Waals surface area contributed by atoms with E-state index in [0.717, 1.165) is 11.3 Å². The van der Waals surface area contributed by atoms with Gasteiger partial charge in [0.15, 0.2) is 4.80 Å². The van der Waals surface area contributed by atoms with Crippen molar-refractivity contribution in [2.45, 2.75) is 13.0 Å². The Morgan fingerprint density at radius 3 is 2.66 bits per heavy atom. The molecule has 164 valence electrons. The van der Waals surface area contributed by atoms with Crippen LogP contribution in [0.5, 0.6) is 5.75 Å². The first-order valence-electron chi connectivity index (χ1n) is 9.55. The smallest absolute Gasteiger partial charge is 0.338 e. The first-order chi connectivity index (χ1) is 15.4. The van der Waals surface area contributed by atoms with Crippen molar-refractivity contribution in [2.24, 2.45) is 4.99 Å². The Morgan fingerprint density at radius 2 is 1.97 bits per heavy atom. The third-order valence-corrected chi connectivity index (χ3v) is 6.45. The van der Waals surface area contributed by atoms with Gasteiger partial charge in [0.2, 0.25) is 0 Å². The summed E-state index contributed by atoms with van der Waals surface area (Å²) in [7, 11) is 2.78. The standard InChI is InChI=1S/C23H18ClFN2O4S/c1-12-19(22(29)31-3)20(13-7-4-5-10-17(13)30-2)27-21(28)18(32-23(27)26-12)11-14-15(24)8-6-9-16(14)25/h4-11,20H,1-3H3/b18-11-. The molecule has 0 saturated heterocycles. The SMILES string of the molecule is COC(=O)C1=C(C)N=c2s/c(=C\c3c(F)cccc3Cl)c(=O)n2C1c1ccccc1OC. The van der Waals surface area contributed by atoms with E-state index < -0.39 is 23.4 Å². The lowest BCUT2D eigenvalue weighted by Crippen LogP contribution is -2.40. The van der Waals surface area contributed by atoms with Gasteiger partial charge in [-0.3, -0.25) is 9.36 Å². The molecule has 32 heavy (non-hydrogen) atoms. The summed E-state index contributed by atoms with van der Waals surface area (Å²) in [5, 5.41) is 0.184. The molecule has 1 aliphatic heterocycles. The highest BCUT2D eigenvalue weighted by molar-refractivity contribution is 7.07. The number of hydrogen-bond acceptors (Lipinski definition) is 6. The number of ether oxygens (including phenoxy) is 2. The summed E-state index contributed by atoms with van der Waals surface area (Å²) in [6.45, 7) is 1.68. The van der Waals surface area contributed by atoms with Gasteiger partial charge in [0, 0.05) is 11.1 Å². The normalized spacial score (nSPS) is 15.9. The molecule has 4 rings (SSSR count). The summed E-state index contributed by atoms with van der Waals surface area (Å²) >= 11 is 7.23. The van der Waals surface area contributed by atoms with Crippen LogP contribution in [-0.2, 0) is 9.53 Å². The maximum Gasteiger partial charge on any atom is 0.338 e. The maximum atomic E-state index is 14.3. The Kier molecular flexibility index (Phi) is 5.99. The Labute approximate surface area is 191 Å². The summed E-state index contributed by atoms with van der Waals surface area (Å²) < 4.78 is 26.5. The number of fused-ring (bicyclic) bond motifs is 1. The lowest BCUT2D eigenvalue weighted by molar-refractivity contribution is -0.136. The number of thiazole rings is 1. The number of carbonyl (C=O) groups is 1. The van der Waals surface area contributed by atoms with Gasteiger partial charge in [0.05, 0.1) is 35.0 Å². The largest absolute Gasteiger partial charge is 0.496 e. The van der Waals surface area contributed by atoms with Crippen molar-refractivity contribution in [3.63, 3.8) is 0 Å². The zero-order valence-electron chi connectivity index (χ0n) is 17.4. The van der Waals surface area contributed by atoms with Gasteiger partial charge in [0.25, 0.3) is 5.56 Å². The van der Waals surface area contributed by atoms with E-state index in [0.29, 0.717) is 21.8 Å². The summed E-state index contributed by atoms with van der Waals surface area (Å²) in [5.41, 5.74) is 0.917. The average Bonchev–Trinajstić information content (AvgIpc) is 3.09. The number of benzene rings is 2. The third kappa shape index (κ3) is 3.65. The number of carbonyl (C=O) groups excluding carboxylic acids is 1. The van der Waals surface area contributed by atoms with Crippen molar-refractivity contribution in [3.05, 3.63) is 95.4 Å². The number of methoxy groups -OCH3 is 2. The topological polar surface area (TPSA) is 69.9 Å². The molecule has 1 aliphatic rings. The van der Waals surface area contributed by atoms with Crippen molar-refractivity contribution in [1.82, 2.24) is 4.57 Å². The van der Waals surface area contributed by atoms with E-state index in [1.54, 1.807) is 37.3 Å². The van der Waals surface area contributed by atoms with Crippen LogP contribution in [0, 0.1) is 5.82 Å². The predicted octanol–water partition coefficient (Wildman–Crippen LogP) is 3.21. The average molecular weight is 473 g/mol. The number of esters is 1. The quantitative estimate of drug-likeness (QED) is 0.547. The van der Waals surface area contributed by atoms with Crippen LogP contribution in [0.4, 0.5) is 4.39 Å². The third-order valence-electron chi connectivity index (χ3n) is 5.14. The molecule has 1 aromatic heterocycles. The van der Waals surface area contributed by atoms with Crippen LogP contribution in [0.2, 0.25) is 5.02 Å². The summed E-state index contributed by atoms with van der Waals surface area (Å²) in [4.78, 5) is 31.0. The minimum Gasteiger partial charge on any atom is -0.496 e. The number of halogens is 2. The Hall–Kier alpha value is -3.23. The summed E-state index contributed by atoms with van der Waals surface area (Å²) in [6.07, 6.45) is 1.40. The van der Waals surface area contributed by atoms with Gasteiger partial charge in [-0.05, 0) is 31.2 Å². The molecule has 0 amide bonds. The molecule has 1 atom stereocenters. The fourth-order valence-electron chi connectivity index (χ4n) is 3.66. The molecule has 0 saturated carbocycles. The Balaban J connectivity index is 2.04. The molecular weight excluding hydrogens is 455 g/mol. The fraction of sp³-hybridized carbons (Fsp3) is 0.174. The molecule has 1 unspecified atom stereocenters. The van der Waals surface area contributed by atoms with Gasteiger partial charge in [0.1, 0.15) is 17.6 Å². The monoisotopic (exact) mass is 472 g/mol. The molecule has 3 aromatic rings. The molecule has 2 aromatic carbocycles. The molecule has 2 heterocycles. The van der Waals surface area contributed by atoms with Crippen LogP contribution >= 0.6 is 22.9 Å². The molecule has 0 spiro atoms. The number of aromatic nitrogens is 1. The Morgan fingerprint density at radius 1 is 1.22 bits per heavy atom. The molecule has 0 N–H and O–H groups in total. The van der Waals surface area contributed by atoms with Crippen molar-refractivity contribution in [2.75, 3.05) is 14.2 Å². The lowest BCUT2D eigenvalue weighted by atomic mass is 9.95. The lowest BCUT2D eigenvalue weighted by Gasteiger charge is -2.25. The first kappa shape index (κ1) is 22.0. The van der Waals surface area contributed by atoms with Crippen molar-refractivity contribution >= 4 is 35.0 Å². The number of para-hydroxylation sites is 1. The van der Waals surface area contributed by atoms with Crippen LogP contribution in [0.25, 0.3) is 6.08 Å². The highest BCUT2D eigenvalue weighted by atomic mass is 35.5. The van der Waals surface area contributed by atoms with Gasteiger partial charge in [-0.1, -0.05) is 47.2 Å². The second-order valence-corrected chi connectivity index (χ2v) is 8.37. The van der Waals surface area contributed by atoms with Gasteiger partial charge in [-0.15, -0.1) is 0 Å². The summed E-state index contributed by atoms with van der Waals surface area (Å²) in [6, 6.07) is 10.6. The first-order valence-corrected chi connectivity index (χ1v) is 10.7. The zero-order valence-corrected chi connectivity index (χ0v) is 19.0. The molecular formula is C23H18ClFN2O4S.